The number of nitrogens with zero attached hydrogens (tertiary/aromatic N) is 4. The first kappa shape index (κ1) is 21.0. The molecule has 0 radical (unpaired) electrons. The number of carbonyl (C=O) groups excluding carboxylic acids is 1. The molecular weight excluding hydrogens is 396 g/mol. The number of piperidine rings is 1. The van der Waals surface area contributed by atoms with Crippen LogP contribution in [0.4, 0.5) is 0 Å². The molecule has 2 heterocycles. The van der Waals surface area contributed by atoms with Crippen LogP contribution >= 0.6 is 11.6 Å². The minimum Gasteiger partial charge on any atom is -0.306 e. The zero-order valence-electron chi connectivity index (χ0n) is 17.7. The highest BCUT2D eigenvalue weighted by molar-refractivity contribution is 6.30. The lowest BCUT2D eigenvalue weighted by Crippen LogP contribution is -2.45. The van der Waals surface area contributed by atoms with E-state index >= 15 is 0 Å². The molecule has 2 aliphatic rings. The molecule has 1 atom stereocenters. The van der Waals surface area contributed by atoms with Crippen molar-refractivity contribution in [3.8, 4) is 0 Å². The number of rotatable bonds is 5. The van der Waals surface area contributed by atoms with Crippen molar-refractivity contribution in [2.45, 2.75) is 31.3 Å². The van der Waals surface area contributed by atoms with E-state index in [1.807, 2.05) is 42.5 Å². The van der Waals surface area contributed by atoms with Crippen molar-refractivity contribution in [3.05, 3.63) is 70.7 Å². The Morgan fingerprint density at radius 1 is 1.10 bits per heavy atom. The second kappa shape index (κ2) is 9.29. The minimum absolute atomic E-state index is 0.0438. The fourth-order valence-corrected chi connectivity index (χ4v) is 4.47. The average Bonchev–Trinajstić information content (AvgIpc) is 3.21. The fraction of sp³-hybridized carbons (Fsp3) is 0.417. The molecule has 4 rings (SSSR count). The molecule has 6 heteroatoms. The van der Waals surface area contributed by atoms with E-state index in [1.54, 1.807) is 5.01 Å². The number of halogens is 1. The van der Waals surface area contributed by atoms with Crippen LogP contribution < -0.4 is 0 Å². The highest BCUT2D eigenvalue weighted by Crippen LogP contribution is 2.33. The molecular formula is C24H29ClN4O. The Morgan fingerprint density at radius 3 is 2.43 bits per heavy atom. The Balaban J connectivity index is 1.53. The largest absolute Gasteiger partial charge is 0.306 e. The second-order valence-corrected chi connectivity index (χ2v) is 8.81. The van der Waals surface area contributed by atoms with Crippen LogP contribution in [0.3, 0.4) is 0 Å². The van der Waals surface area contributed by atoms with Crippen LogP contribution in [-0.4, -0.2) is 66.2 Å². The van der Waals surface area contributed by atoms with Gasteiger partial charge in [0.05, 0.1) is 18.3 Å². The quantitative estimate of drug-likeness (QED) is 0.727. The van der Waals surface area contributed by atoms with Crippen LogP contribution in [0.5, 0.6) is 0 Å². The fourth-order valence-electron chi connectivity index (χ4n) is 4.34. The first-order valence-corrected chi connectivity index (χ1v) is 11.0. The van der Waals surface area contributed by atoms with Crippen LogP contribution in [-0.2, 0) is 4.79 Å². The highest BCUT2D eigenvalue weighted by atomic mass is 35.5. The van der Waals surface area contributed by atoms with Crippen molar-refractivity contribution in [1.29, 1.82) is 0 Å². The van der Waals surface area contributed by atoms with E-state index in [4.69, 9.17) is 16.7 Å². The van der Waals surface area contributed by atoms with E-state index in [9.17, 15) is 4.79 Å². The zero-order valence-corrected chi connectivity index (χ0v) is 18.4. The maximum atomic E-state index is 13.3. The summed E-state index contributed by atoms with van der Waals surface area (Å²) < 4.78 is 0. The van der Waals surface area contributed by atoms with Crippen molar-refractivity contribution >= 4 is 23.2 Å². The SMILES string of the molecule is CN1CCC(N(C)CC(=O)N2N=C(c3ccccc3)CC2c2ccc(Cl)cc2)CC1. The van der Waals surface area contributed by atoms with Crippen LogP contribution in [0, 0.1) is 0 Å². The molecule has 0 spiro atoms. The van der Waals surface area contributed by atoms with Crippen LogP contribution in [0.2, 0.25) is 5.02 Å². The molecule has 0 aliphatic carbocycles. The number of hydrogen-bond acceptors (Lipinski definition) is 4. The van der Waals surface area contributed by atoms with E-state index in [1.165, 1.54) is 0 Å². The summed E-state index contributed by atoms with van der Waals surface area (Å²) in [4.78, 5) is 17.9. The molecule has 158 valence electrons. The van der Waals surface area contributed by atoms with E-state index in [2.05, 4.69) is 36.0 Å². The van der Waals surface area contributed by atoms with Gasteiger partial charge in [0.2, 0.25) is 0 Å². The van der Waals surface area contributed by atoms with Crippen molar-refractivity contribution in [3.63, 3.8) is 0 Å². The Hall–Kier alpha value is -2.21. The molecule has 2 aromatic carbocycles. The maximum Gasteiger partial charge on any atom is 0.257 e. The minimum atomic E-state index is -0.101. The summed E-state index contributed by atoms with van der Waals surface area (Å²) in [5.41, 5.74) is 3.07. The number of likely N-dealkylation sites (N-methyl/N-ethyl adjacent to an activating group) is 1. The summed E-state index contributed by atoms with van der Waals surface area (Å²) >= 11 is 6.09. The molecule has 5 nitrogen and oxygen atoms in total. The lowest BCUT2D eigenvalue weighted by molar-refractivity contribution is -0.134. The van der Waals surface area contributed by atoms with Gasteiger partial charge in [0.25, 0.3) is 5.91 Å². The Bertz CT molecular complexity index is 891. The molecule has 1 fully saturated rings. The van der Waals surface area contributed by atoms with Gasteiger partial charge >= 0.3 is 0 Å². The first-order valence-electron chi connectivity index (χ1n) is 10.6. The van der Waals surface area contributed by atoms with Gasteiger partial charge in [-0.3, -0.25) is 9.69 Å². The van der Waals surface area contributed by atoms with Crippen molar-refractivity contribution < 1.29 is 4.79 Å². The maximum absolute atomic E-state index is 13.3. The van der Waals surface area contributed by atoms with Gasteiger partial charge < -0.3 is 4.90 Å². The molecule has 0 N–H and O–H groups in total. The van der Waals surface area contributed by atoms with Gasteiger partial charge in [0.1, 0.15) is 0 Å². The second-order valence-electron chi connectivity index (χ2n) is 8.37. The molecule has 0 aromatic heterocycles. The van der Waals surface area contributed by atoms with Crippen molar-refractivity contribution in [2.75, 3.05) is 33.7 Å². The Morgan fingerprint density at radius 2 is 1.77 bits per heavy atom. The third-order valence-corrected chi connectivity index (χ3v) is 6.48. The van der Waals surface area contributed by atoms with E-state index < -0.39 is 0 Å². The van der Waals surface area contributed by atoms with Crippen LogP contribution in [0.15, 0.2) is 59.7 Å². The molecule has 0 bridgehead atoms. The van der Waals surface area contributed by atoms with Crippen LogP contribution in [0.1, 0.15) is 36.4 Å². The number of likely N-dealkylation sites (tertiary alicyclic amines) is 1. The molecule has 0 saturated carbocycles. The normalized spacial score (nSPS) is 20.6. The summed E-state index contributed by atoms with van der Waals surface area (Å²) in [5.74, 6) is 0.0438. The number of amides is 1. The summed E-state index contributed by atoms with van der Waals surface area (Å²) in [6.45, 7) is 2.54. The van der Waals surface area contributed by atoms with Crippen molar-refractivity contribution in [2.24, 2.45) is 5.10 Å². The number of hydrazone groups is 1. The summed E-state index contributed by atoms with van der Waals surface area (Å²) in [6, 6.07) is 18.2. The summed E-state index contributed by atoms with van der Waals surface area (Å²) in [7, 11) is 4.21. The summed E-state index contributed by atoms with van der Waals surface area (Å²) in [5, 5.41) is 7.17. The summed E-state index contributed by atoms with van der Waals surface area (Å²) in [6.07, 6.45) is 2.90. The van der Waals surface area contributed by atoms with Gasteiger partial charge in [-0.25, -0.2) is 5.01 Å². The standard InChI is InChI=1S/C24H29ClN4O/c1-27-14-12-21(13-15-27)28(2)17-24(30)29-23(19-8-10-20(25)11-9-19)16-22(26-29)18-6-4-3-5-7-18/h3-11,21,23H,12-17H2,1-2H3. The third kappa shape index (κ3) is 4.75. The molecule has 30 heavy (non-hydrogen) atoms. The predicted molar refractivity (Wildman–Crippen MR) is 122 cm³/mol. The van der Waals surface area contributed by atoms with Gasteiger partial charge in [0, 0.05) is 17.5 Å². The number of benzene rings is 2. The molecule has 2 aliphatic heterocycles. The Labute approximate surface area is 183 Å². The molecule has 1 unspecified atom stereocenters. The number of carbonyl (C=O) groups is 1. The molecule has 2 aromatic rings. The predicted octanol–water partition coefficient (Wildman–Crippen LogP) is 4.04. The van der Waals surface area contributed by atoms with Gasteiger partial charge in [-0.05, 0) is 63.3 Å². The van der Waals surface area contributed by atoms with E-state index in [0.717, 1.165) is 42.8 Å². The van der Waals surface area contributed by atoms with Gasteiger partial charge in [0.15, 0.2) is 0 Å². The smallest absolute Gasteiger partial charge is 0.257 e. The lowest BCUT2D eigenvalue weighted by Gasteiger charge is -2.35. The van der Waals surface area contributed by atoms with E-state index in [-0.39, 0.29) is 11.9 Å². The average molecular weight is 425 g/mol. The molecule has 1 amide bonds. The van der Waals surface area contributed by atoms with Gasteiger partial charge in [-0.2, -0.15) is 5.10 Å². The first-order chi connectivity index (χ1) is 14.5. The highest BCUT2D eigenvalue weighted by Gasteiger charge is 2.34. The molecule has 1 saturated heterocycles. The lowest BCUT2D eigenvalue weighted by atomic mass is 9.98. The zero-order chi connectivity index (χ0) is 21.1. The number of hydrogen-bond donors (Lipinski definition) is 0. The van der Waals surface area contributed by atoms with Gasteiger partial charge in [-0.15, -0.1) is 0 Å². The van der Waals surface area contributed by atoms with Crippen molar-refractivity contribution in [1.82, 2.24) is 14.8 Å². The van der Waals surface area contributed by atoms with E-state index in [0.29, 0.717) is 24.0 Å². The monoisotopic (exact) mass is 424 g/mol. The van der Waals surface area contributed by atoms with Gasteiger partial charge in [-0.1, -0.05) is 54.1 Å². The third-order valence-electron chi connectivity index (χ3n) is 6.22. The Kier molecular flexibility index (Phi) is 6.52. The van der Waals surface area contributed by atoms with Crippen LogP contribution in [0.25, 0.3) is 0 Å². The topological polar surface area (TPSA) is 39.1 Å².